The fourth-order valence-corrected chi connectivity index (χ4v) is 0.544. The molecule has 0 fully saturated rings. The van der Waals surface area contributed by atoms with Crippen molar-refractivity contribution >= 4 is 11.9 Å². The maximum Gasteiger partial charge on any atom is 0.328 e. The summed E-state index contributed by atoms with van der Waals surface area (Å²) < 4.78 is 0. The van der Waals surface area contributed by atoms with Crippen LogP contribution in [0.5, 0.6) is 0 Å². The lowest BCUT2D eigenvalue weighted by Gasteiger charge is -2.28. The minimum Gasteiger partial charge on any atom is -0.478 e. The van der Waals surface area contributed by atoms with Crippen molar-refractivity contribution in [2.24, 2.45) is 0 Å². The predicted octanol–water partition coefficient (Wildman–Crippen LogP) is 0.643. The molecule has 0 saturated carbocycles. The largest absolute Gasteiger partial charge is 0.478 e. The molecule has 0 bridgehead atoms. The number of aliphatic carboxylic acids is 1. The molecule has 5 nitrogen and oxygen atoms in total. The first kappa shape index (κ1) is 11.6. The molecule has 0 heterocycles. The third-order valence-corrected chi connectivity index (χ3v) is 1.21. The highest BCUT2D eigenvalue weighted by molar-refractivity contribution is 5.93. The van der Waals surface area contributed by atoms with Crippen LogP contribution in [0.2, 0.25) is 0 Å². The van der Waals surface area contributed by atoms with Gasteiger partial charge in [0.15, 0.2) is 0 Å². The van der Waals surface area contributed by atoms with Crippen molar-refractivity contribution in [3.8, 4) is 0 Å². The molecule has 0 unspecified atom stereocenters. The van der Waals surface area contributed by atoms with Gasteiger partial charge in [0.2, 0.25) is 0 Å². The Hall–Kier alpha value is -1.36. The Morgan fingerprint density at radius 3 is 2.00 bits per heavy atom. The minimum atomic E-state index is -1.23. The number of hydrogen-bond donors (Lipinski definition) is 2. The highest BCUT2D eigenvalue weighted by Gasteiger charge is 2.22. The van der Waals surface area contributed by atoms with Crippen molar-refractivity contribution in [3.05, 3.63) is 12.2 Å². The Labute approximate surface area is 76.2 Å². The van der Waals surface area contributed by atoms with Crippen molar-refractivity contribution in [3.63, 3.8) is 0 Å². The summed E-state index contributed by atoms with van der Waals surface area (Å²) in [6.07, 6.45) is 1.48. The van der Waals surface area contributed by atoms with Crippen LogP contribution in [-0.4, -0.2) is 32.8 Å². The van der Waals surface area contributed by atoms with E-state index >= 15 is 0 Å². The molecule has 0 aromatic carbocycles. The van der Waals surface area contributed by atoms with Crippen molar-refractivity contribution < 1.29 is 19.9 Å². The number of carbonyl (C=O) groups excluding carboxylic acids is 1. The van der Waals surface area contributed by atoms with E-state index < -0.39 is 17.4 Å². The number of rotatable bonds is 2. The summed E-state index contributed by atoms with van der Waals surface area (Å²) in [6, 6.07) is 0. The molecule has 0 atom stereocenters. The zero-order chi connectivity index (χ0) is 10.6. The second-order valence-electron chi connectivity index (χ2n) is 3.49. The normalized spacial score (nSPS) is 11.7. The van der Waals surface area contributed by atoms with Crippen molar-refractivity contribution in [1.82, 2.24) is 5.06 Å². The number of carbonyl (C=O) groups is 2. The second kappa shape index (κ2) is 4.04. The summed E-state index contributed by atoms with van der Waals surface area (Å²) in [5, 5.41) is 17.9. The fourth-order valence-electron chi connectivity index (χ4n) is 0.544. The molecular formula is C8H13NO4. The van der Waals surface area contributed by atoms with E-state index in [1.807, 2.05) is 0 Å². The Balaban J connectivity index is 4.37. The first-order valence-electron chi connectivity index (χ1n) is 3.69. The van der Waals surface area contributed by atoms with Crippen LogP contribution in [0.15, 0.2) is 12.2 Å². The van der Waals surface area contributed by atoms with E-state index in [0.29, 0.717) is 11.1 Å². The van der Waals surface area contributed by atoms with Crippen LogP contribution < -0.4 is 0 Å². The van der Waals surface area contributed by atoms with Gasteiger partial charge in [-0.05, 0) is 20.8 Å². The molecule has 0 radical (unpaired) electrons. The zero-order valence-electron chi connectivity index (χ0n) is 7.81. The Kier molecular flexibility index (Phi) is 3.62. The van der Waals surface area contributed by atoms with Crippen LogP contribution in [0.25, 0.3) is 0 Å². The number of carboxylic acid groups (broad SMARTS) is 1. The van der Waals surface area contributed by atoms with Crippen molar-refractivity contribution in [2.45, 2.75) is 26.3 Å². The summed E-state index contributed by atoms with van der Waals surface area (Å²) in [7, 11) is 0. The summed E-state index contributed by atoms with van der Waals surface area (Å²) >= 11 is 0. The molecule has 5 heteroatoms. The lowest BCUT2D eigenvalue weighted by molar-refractivity contribution is -0.180. The van der Waals surface area contributed by atoms with Gasteiger partial charge in [0.25, 0.3) is 5.91 Å². The first-order valence-corrected chi connectivity index (χ1v) is 3.69. The molecule has 0 aromatic rings. The molecule has 1 amide bonds. The molecule has 13 heavy (non-hydrogen) atoms. The van der Waals surface area contributed by atoms with E-state index in [9.17, 15) is 14.8 Å². The summed E-state index contributed by atoms with van der Waals surface area (Å²) in [5.74, 6) is -1.98. The quantitative estimate of drug-likeness (QED) is 0.378. The maximum absolute atomic E-state index is 11.0. The molecule has 0 aliphatic rings. The topological polar surface area (TPSA) is 77.8 Å². The summed E-state index contributed by atoms with van der Waals surface area (Å²) in [6.45, 7) is 4.87. The average Bonchev–Trinajstić information content (AvgIpc) is 1.96. The number of hydroxylamine groups is 2. The third-order valence-electron chi connectivity index (χ3n) is 1.21. The SMILES string of the molecule is CC(C)(C)N(O)C(=O)C=CC(=O)O. The van der Waals surface area contributed by atoms with Crippen molar-refractivity contribution in [1.29, 1.82) is 0 Å². The molecule has 74 valence electrons. The van der Waals surface area contributed by atoms with Crippen LogP contribution in [-0.2, 0) is 9.59 Å². The van der Waals surface area contributed by atoms with Crippen LogP contribution in [0.3, 0.4) is 0 Å². The lowest BCUT2D eigenvalue weighted by Crippen LogP contribution is -2.42. The monoisotopic (exact) mass is 187 g/mol. The molecule has 0 aliphatic heterocycles. The highest BCUT2D eigenvalue weighted by atomic mass is 16.5. The van der Waals surface area contributed by atoms with E-state index in [2.05, 4.69) is 0 Å². The average molecular weight is 187 g/mol. The van der Waals surface area contributed by atoms with Crippen LogP contribution in [0.1, 0.15) is 20.8 Å². The van der Waals surface area contributed by atoms with E-state index in [-0.39, 0.29) is 0 Å². The number of nitrogens with zero attached hydrogens (tertiary/aromatic N) is 1. The van der Waals surface area contributed by atoms with Crippen LogP contribution in [0, 0.1) is 0 Å². The smallest absolute Gasteiger partial charge is 0.328 e. The van der Waals surface area contributed by atoms with Crippen LogP contribution in [0.4, 0.5) is 0 Å². The second-order valence-corrected chi connectivity index (χ2v) is 3.49. The molecule has 0 aliphatic carbocycles. The molecule has 2 N–H and O–H groups in total. The molecule has 0 saturated heterocycles. The molecule has 0 aromatic heterocycles. The van der Waals surface area contributed by atoms with Gasteiger partial charge >= 0.3 is 5.97 Å². The standard InChI is InChI=1S/C8H13NO4/c1-8(2,3)9(13)6(10)4-5-7(11)12/h4-5,13H,1-3H3,(H,11,12). The van der Waals surface area contributed by atoms with E-state index in [1.165, 1.54) is 0 Å². The van der Waals surface area contributed by atoms with Gasteiger partial charge in [-0.15, -0.1) is 0 Å². The van der Waals surface area contributed by atoms with Crippen LogP contribution >= 0.6 is 0 Å². The van der Waals surface area contributed by atoms with Gasteiger partial charge in [0, 0.05) is 12.2 Å². The number of amides is 1. The first-order chi connectivity index (χ1) is 5.75. The molecule has 0 spiro atoms. The Bertz CT molecular complexity index is 239. The minimum absolute atomic E-state index is 0.479. The third kappa shape index (κ3) is 4.27. The van der Waals surface area contributed by atoms with E-state index in [0.717, 1.165) is 6.08 Å². The maximum atomic E-state index is 11.0. The van der Waals surface area contributed by atoms with E-state index in [4.69, 9.17) is 5.11 Å². The molecular weight excluding hydrogens is 174 g/mol. The van der Waals surface area contributed by atoms with Crippen molar-refractivity contribution in [2.75, 3.05) is 0 Å². The van der Waals surface area contributed by atoms with Gasteiger partial charge in [-0.25, -0.2) is 9.86 Å². The van der Waals surface area contributed by atoms with Gasteiger partial charge in [0.1, 0.15) is 0 Å². The number of hydrogen-bond acceptors (Lipinski definition) is 3. The predicted molar refractivity (Wildman–Crippen MR) is 45.2 cm³/mol. The van der Waals surface area contributed by atoms with Gasteiger partial charge in [-0.1, -0.05) is 0 Å². The van der Waals surface area contributed by atoms with Gasteiger partial charge in [-0.2, -0.15) is 0 Å². The van der Waals surface area contributed by atoms with E-state index in [1.54, 1.807) is 20.8 Å². The lowest BCUT2D eigenvalue weighted by atomic mass is 10.1. The fraction of sp³-hybridized carbons (Fsp3) is 0.500. The Morgan fingerprint density at radius 1 is 1.23 bits per heavy atom. The highest BCUT2D eigenvalue weighted by Crippen LogP contribution is 2.10. The summed E-state index contributed by atoms with van der Waals surface area (Å²) in [4.78, 5) is 21.1. The number of carboxylic acids is 1. The zero-order valence-corrected chi connectivity index (χ0v) is 7.81. The summed E-state index contributed by atoms with van der Waals surface area (Å²) in [5.41, 5.74) is -0.736. The Morgan fingerprint density at radius 2 is 1.69 bits per heavy atom. The molecule has 0 rings (SSSR count). The van der Waals surface area contributed by atoms with Gasteiger partial charge < -0.3 is 5.11 Å². The van der Waals surface area contributed by atoms with Gasteiger partial charge in [-0.3, -0.25) is 10.0 Å². The van der Waals surface area contributed by atoms with Gasteiger partial charge in [0.05, 0.1) is 5.54 Å².